The summed E-state index contributed by atoms with van der Waals surface area (Å²) in [7, 11) is 0. The van der Waals surface area contributed by atoms with Gasteiger partial charge in [-0.05, 0) is 35.7 Å². The Kier molecular flexibility index (Phi) is 4.63. The molecule has 0 saturated heterocycles. The molecule has 0 aliphatic carbocycles. The van der Waals surface area contributed by atoms with Gasteiger partial charge in [0, 0.05) is 5.56 Å². The summed E-state index contributed by atoms with van der Waals surface area (Å²) in [5, 5.41) is 7.70. The topological polar surface area (TPSA) is 47.8 Å². The first kappa shape index (κ1) is 17.8. The largest absolute Gasteiger partial charge is 0.416 e. The number of nitrogens with zero attached hydrogens (tertiary/aromatic N) is 3. The molecule has 0 aliphatic heterocycles. The SMILES string of the molecule is CC(C)c1ccc(-n2cc(C(=O)c3cccc(C(F)(F)F)c3)nn2)cc1. The van der Waals surface area contributed by atoms with Crippen LogP contribution in [0, 0.1) is 0 Å². The van der Waals surface area contributed by atoms with Gasteiger partial charge in [0.1, 0.15) is 0 Å². The van der Waals surface area contributed by atoms with Crippen LogP contribution >= 0.6 is 0 Å². The lowest BCUT2D eigenvalue weighted by molar-refractivity contribution is -0.137. The predicted octanol–water partition coefficient (Wildman–Crippen LogP) is 4.64. The summed E-state index contributed by atoms with van der Waals surface area (Å²) >= 11 is 0. The fourth-order valence-corrected chi connectivity index (χ4v) is 2.49. The molecule has 0 bridgehead atoms. The van der Waals surface area contributed by atoms with Crippen LogP contribution < -0.4 is 0 Å². The van der Waals surface area contributed by atoms with Crippen molar-refractivity contribution in [3.05, 3.63) is 77.1 Å². The molecular formula is C19H16F3N3O. The van der Waals surface area contributed by atoms with E-state index in [1.54, 1.807) is 0 Å². The molecule has 0 N–H and O–H groups in total. The number of carbonyl (C=O) groups excluding carboxylic acids is 1. The number of rotatable bonds is 4. The molecule has 2 aromatic carbocycles. The van der Waals surface area contributed by atoms with Gasteiger partial charge in [0.25, 0.3) is 0 Å². The van der Waals surface area contributed by atoms with E-state index in [-0.39, 0.29) is 11.3 Å². The normalized spacial score (nSPS) is 11.8. The second-order valence-electron chi connectivity index (χ2n) is 6.20. The first-order valence-corrected chi connectivity index (χ1v) is 8.00. The highest BCUT2D eigenvalue weighted by Crippen LogP contribution is 2.30. The molecule has 0 fully saturated rings. The summed E-state index contributed by atoms with van der Waals surface area (Å²) in [6.45, 7) is 4.16. The Morgan fingerprint density at radius 2 is 1.77 bits per heavy atom. The smallest absolute Gasteiger partial charge is 0.287 e. The zero-order valence-corrected chi connectivity index (χ0v) is 14.2. The molecule has 134 valence electrons. The predicted molar refractivity (Wildman–Crippen MR) is 90.3 cm³/mol. The zero-order valence-electron chi connectivity index (χ0n) is 14.2. The van der Waals surface area contributed by atoms with Crippen molar-refractivity contribution >= 4 is 5.78 Å². The van der Waals surface area contributed by atoms with E-state index < -0.39 is 17.5 Å². The van der Waals surface area contributed by atoms with E-state index in [0.717, 1.165) is 17.7 Å². The van der Waals surface area contributed by atoms with E-state index in [1.165, 1.54) is 23.0 Å². The highest BCUT2D eigenvalue weighted by atomic mass is 19.4. The molecular weight excluding hydrogens is 343 g/mol. The van der Waals surface area contributed by atoms with Gasteiger partial charge < -0.3 is 0 Å². The minimum Gasteiger partial charge on any atom is -0.287 e. The van der Waals surface area contributed by atoms with Gasteiger partial charge in [0.15, 0.2) is 5.69 Å². The standard InChI is InChI=1S/C19H16F3N3O/c1-12(2)13-6-8-16(9-7-13)25-11-17(23-24-25)18(26)14-4-3-5-15(10-14)19(20,21)22/h3-12H,1-2H3. The van der Waals surface area contributed by atoms with Crippen LogP contribution in [0.5, 0.6) is 0 Å². The molecule has 0 aliphatic rings. The number of benzene rings is 2. The van der Waals surface area contributed by atoms with Gasteiger partial charge in [-0.3, -0.25) is 4.79 Å². The monoisotopic (exact) mass is 359 g/mol. The van der Waals surface area contributed by atoms with Gasteiger partial charge in [0.05, 0.1) is 17.4 Å². The fourth-order valence-electron chi connectivity index (χ4n) is 2.49. The van der Waals surface area contributed by atoms with Crippen LogP contribution in [0.3, 0.4) is 0 Å². The lowest BCUT2D eigenvalue weighted by Crippen LogP contribution is -2.08. The summed E-state index contributed by atoms with van der Waals surface area (Å²) in [4.78, 5) is 12.4. The fraction of sp³-hybridized carbons (Fsp3) is 0.211. The Hall–Kier alpha value is -2.96. The van der Waals surface area contributed by atoms with E-state index in [4.69, 9.17) is 0 Å². The number of carbonyl (C=O) groups is 1. The first-order valence-electron chi connectivity index (χ1n) is 8.00. The molecule has 0 spiro atoms. The average Bonchev–Trinajstić information content (AvgIpc) is 3.10. The lowest BCUT2D eigenvalue weighted by atomic mass is 10.0. The van der Waals surface area contributed by atoms with E-state index in [1.807, 2.05) is 24.3 Å². The summed E-state index contributed by atoms with van der Waals surface area (Å²) in [5.74, 6) is -0.223. The van der Waals surface area contributed by atoms with Gasteiger partial charge in [-0.15, -0.1) is 5.10 Å². The van der Waals surface area contributed by atoms with Crippen LogP contribution in [-0.2, 0) is 6.18 Å². The maximum atomic E-state index is 12.8. The maximum absolute atomic E-state index is 12.8. The Balaban J connectivity index is 1.86. The molecule has 1 heterocycles. The van der Waals surface area contributed by atoms with Crippen molar-refractivity contribution in [2.24, 2.45) is 0 Å². The van der Waals surface area contributed by atoms with Crippen LogP contribution in [0.1, 0.15) is 46.9 Å². The maximum Gasteiger partial charge on any atom is 0.416 e. The Bertz CT molecular complexity index is 928. The number of alkyl halides is 3. The number of halogens is 3. The highest BCUT2D eigenvalue weighted by molar-refractivity contribution is 6.07. The van der Waals surface area contributed by atoms with Crippen LogP contribution in [0.15, 0.2) is 54.7 Å². The number of aromatic nitrogens is 3. The second kappa shape index (κ2) is 6.74. The van der Waals surface area contributed by atoms with Crippen LogP contribution in [0.25, 0.3) is 5.69 Å². The summed E-state index contributed by atoms with van der Waals surface area (Å²) in [6, 6.07) is 11.9. The van der Waals surface area contributed by atoms with Crippen LogP contribution in [-0.4, -0.2) is 20.8 Å². The minimum absolute atomic E-state index is 0.0164. The first-order chi connectivity index (χ1) is 12.3. The third kappa shape index (κ3) is 3.66. The van der Waals surface area contributed by atoms with Crippen molar-refractivity contribution in [1.82, 2.24) is 15.0 Å². The van der Waals surface area contributed by atoms with E-state index in [9.17, 15) is 18.0 Å². The van der Waals surface area contributed by atoms with Gasteiger partial charge >= 0.3 is 6.18 Å². The lowest BCUT2D eigenvalue weighted by Gasteiger charge is -2.07. The second-order valence-corrected chi connectivity index (χ2v) is 6.20. The van der Waals surface area contributed by atoms with Gasteiger partial charge in [-0.2, -0.15) is 13.2 Å². The number of hydrogen-bond donors (Lipinski definition) is 0. The van der Waals surface area contributed by atoms with Crippen molar-refractivity contribution < 1.29 is 18.0 Å². The van der Waals surface area contributed by atoms with Gasteiger partial charge in [-0.25, -0.2) is 4.68 Å². The quantitative estimate of drug-likeness (QED) is 0.638. The Labute approximate surface area is 148 Å². The molecule has 3 rings (SSSR count). The molecule has 0 atom stereocenters. The average molecular weight is 359 g/mol. The summed E-state index contributed by atoms with van der Waals surface area (Å²) in [6.07, 6.45) is -3.10. The van der Waals surface area contributed by atoms with Crippen molar-refractivity contribution in [2.45, 2.75) is 25.9 Å². The molecule has 1 aromatic heterocycles. The van der Waals surface area contributed by atoms with E-state index in [2.05, 4.69) is 24.2 Å². The van der Waals surface area contributed by atoms with Crippen molar-refractivity contribution in [1.29, 1.82) is 0 Å². The Morgan fingerprint density at radius 1 is 1.08 bits per heavy atom. The molecule has 26 heavy (non-hydrogen) atoms. The highest BCUT2D eigenvalue weighted by Gasteiger charge is 2.31. The van der Waals surface area contributed by atoms with E-state index in [0.29, 0.717) is 11.6 Å². The van der Waals surface area contributed by atoms with E-state index >= 15 is 0 Å². The number of hydrogen-bond acceptors (Lipinski definition) is 3. The molecule has 3 aromatic rings. The number of ketones is 1. The third-order valence-electron chi connectivity index (χ3n) is 4.00. The molecule has 0 saturated carbocycles. The van der Waals surface area contributed by atoms with Crippen LogP contribution in [0.4, 0.5) is 13.2 Å². The molecule has 0 radical (unpaired) electrons. The van der Waals surface area contributed by atoms with Gasteiger partial charge in [0.2, 0.25) is 5.78 Å². The summed E-state index contributed by atoms with van der Waals surface area (Å²) in [5.41, 5.74) is 0.901. The van der Waals surface area contributed by atoms with Gasteiger partial charge in [-0.1, -0.05) is 43.3 Å². The van der Waals surface area contributed by atoms with Crippen LogP contribution in [0.2, 0.25) is 0 Å². The Morgan fingerprint density at radius 3 is 2.38 bits per heavy atom. The summed E-state index contributed by atoms with van der Waals surface area (Å²) < 4.78 is 39.8. The zero-order chi connectivity index (χ0) is 18.9. The molecule has 4 nitrogen and oxygen atoms in total. The van der Waals surface area contributed by atoms with Crippen molar-refractivity contribution in [3.8, 4) is 5.69 Å². The van der Waals surface area contributed by atoms with Crippen molar-refractivity contribution in [3.63, 3.8) is 0 Å². The molecule has 0 unspecified atom stereocenters. The van der Waals surface area contributed by atoms with Crippen molar-refractivity contribution in [2.75, 3.05) is 0 Å². The third-order valence-corrected chi connectivity index (χ3v) is 4.00. The molecule has 0 amide bonds. The molecule has 7 heteroatoms. The minimum atomic E-state index is -4.51.